The van der Waals surface area contributed by atoms with Crippen LogP contribution in [0, 0.1) is 5.92 Å². The molecular formula is C36H38N2O9. The van der Waals surface area contributed by atoms with E-state index >= 15 is 0 Å². The van der Waals surface area contributed by atoms with Gasteiger partial charge in [0, 0.05) is 56.1 Å². The molecule has 0 saturated carbocycles. The Bertz CT molecular complexity index is 1630. The van der Waals surface area contributed by atoms with Crippen LogP contribution in [0.15, 0.2) is 66.7 Å². The van der Waals surface area contributed by atoms with Gasteiger partial charge in [0.05, 0.1) is 43.2 Å². The van der Waals surface area contributed by atoms with Crippen LogP contribution < -0.4 is 5.32 Å². The first-order valence-corrected chi connectivity index (χ1v) is 16.1. The molecule has 11 nitrogen and oxygen atoms in total. The van der Waals surface area contributed by atoms with Crippen LogP contribution in [0.2, 0.25) is 0 Å². The number of aliphatic hydroxyl groups is 1. The molecule has 2 N–H and O–H groups in total. The zero-order chi connectivity index (χ0) is 32.5. The maximum atomic E-state index is 12.8. The summed E-state index contributed by atoms with van der Waals surface area (Å²) in [6.45, 7) is 6.18. The quantitative estimate of drug-likeness (QED) is 0.274. The third-order valence-corrected chi connectivity index (χ3v) is 9.60. The number of amides is 1. The molecule has 1 unspecified atom stereocenters. The lowest BCUT2D eigenvalue weighted by Gasteiger charge is -2.44. The SMILES string of the molecule is C[C@H]1[C@@H](CN2CCC3(CC2)OCCO3)OC(c2ccc(CNC(=O)c3ccc4c(c3)C(=O)OC4=O)cc2)O[C@H]1c1ccc(CO)cc1. The molecule has 3 fully saturated rings. The van der Waals surface area contributed by atoms with Gasteiger partial charge in [-0.2, -0.15) is 0 Å². The second kappa shape index (κ2) is 13.3. The molecule has 0 aromatic heterocycles. The van der Waals surface area contributed by atoms with Gasteiger partial charge in [-0.25, -0.2) is 9.59 Å². The molecular weight excluding hydrogens is 604 g/mol. The summed E-state index contributed by atoms with van der Waals surface area (Å²) in [5.74, 6) is -2.20. The molecule has 3 saturated heterocycles. The Kier molecular flexibility index (Phi) is 8.93. The largest absolute Gasteiger partial charge is 0.392 e. The van der Waals surface area contributed by atoms with E-state index in [2.05, 4.69) is 21.9 Å². The summed E-state index contributed by atoms with van der Waals surface area (Å²) < 4.78 is 29.7. The predicted molar refractivity (Wildman–Crippen MR) is 167 cm³/mol. The fourth-order valence-corrected chi connectivity index (χ4v) is 6.75. The van der Waals surface area contributed by atoms with Gasteiger partial charge in [-0.3, -0.25) is 4.79 Å². The summed E-state index contributed by atoms with van der Waals surface area (Å²) in [7, 11) is 0. The van der Waals surface area contributed by atoms with Crippen molar-refractivity contribution in [2.75, 3.05) is 32.8 Å². The molecule has 1 spiro atoms. The number of carbonyl (C=O) groups excluding carboxylic acids is 3. The normalized spacial score (nSPS) is 25.5. The lowest BCUT2D eigenvalue weighted by Crippen LogP contribution is -2.50. The van der Waals surface area contributed by atoms with Crippen LogP contribution in [-0.2, 0) is 36.8 Å². The number of rotatable bonds is 8. The highest BCUT2D eigenvalue weighted by Gasteiger charge is 2.43. The first-order chi connectivity index (χ1) is 22.8. The maximum Gasteiger partial charge on any atom is 0.346 e. The summed E-state index contributed by atoms with van der Waals surface area (Å²) >= 11 is 0. The summed E-state index contributed by atoms with van der Waals surface area (Å²) in [6.07, 6.45) is 0.736. The molecule has 7 rings (SSSR count). The van der Waals surface area contributed by atoms with Crippen LogP contribution in [-0.4, -0.2) is 72.6 Å². The van der Waals surface area contributed by atoms with Gasteiger partial charge in [-0.1, -0.05) is 55.5 Å². The van der Waals surface area contributed by atoms with E-state index in [0.717, 1.165) is 54.7 Å². The van der Waals surface area contributed by atoms with Gasteiger partial charge in [0.2, 0.25) is 0 Å². The highest BCUT2D eigenvalue weighted by atomic mass is 16.7. The molecule has 3 aromatic carbocycles. The number of benzene rings is 3. The Morgan fingerprint density at radius 3 is 2.23 bits per heavy atom. The number of likely N-dealkylation sites (tertiary alicyclic amines) is 1. The average Bonchev–Trinajstić information content (AvgIpc) is 3.68. The molecule has 4 aliphatic rings. The number of carbonyl (C=O) groups is 3. The average molecular weight is 643 g/mol. The Morgan fingerprint density at radius 2 is 1.53 bits per heavy atom. The first-order valence-electron chi connectivity index (χ1n) is 16.1. The smallest absolute Gasteiger partial charge is 0.346 e. The van der Waals surface area contributed by atoms with E-state index in [4.69, 9.17) is 18.9 Å². The minimum atomic E-state index is -0.749. The predicted octanol–water partition coefficient (Wildman–Crippen LogP) is 4.05. The molecule has 4 atom stereocenters. The second-order valence-electron chi connectivity index (χ2n) is 12.6. The zero-order valence-corrected chi connectivity index (χ0v) is 26.2. The van der Waals surface area contributed by atoms with Crippen LogP contribution >= 0.6 is 0 Å². The molecule has 246 valence electrons. The van der Waals surface area contributed by atoms with Gasteiger partial charge in [0.1, 0.15) is 0 Å². The summed E-state index contributed by atoms with van der Waals surface area (Å²) in [4.78, 5) is 38.8. The number of esters is 2. The molecule has 0 radical (unpaired) electrons. The Morgan fingerprint density at radius 1 is 0.872 bits per heavy atom. The van der Waals surface area contributed by atoms with Crippen LogP contribution in [0.4, 0.5) is 0 Å². The van der Waals surface area contributed by atoms with Crippen molar-refractivity contribution in [1.82, 2.24) is 10.2 Å². The van der Waals surface area contributed by atoms with E-state index in [0.29, 0.717) is 13.2 Å². The van der Waals surface area contributed by atoms with E-state index in [1.54, 1.807) is 0 Å². The van der Waals surface area contributed by atoms with E-state index in [1.807, 2.05) is 48.5 Å². The van der Waals surface area contributed by atoms with Gasteiger partial charge in [-0.15, -0.1) is 0 Å². The zero-order valence-electron chi connectivity index (χ0n) is 26.2. The standard InChI is InChI=1S/C36H38N2O9/c1-22-30(20-38-14-12-36(13-15-38)43-16-17-44-36)45-35(46-31(22)25-6-4-24(21-39)5-7-25)26-8-2-23(3-9-26)19-37-32(40)27-10-11-28-29(18-27)34(42)47-33(28)41/h2-11,18,22,30-31,35,39H,12-17,19-21H2,1H3,(H,37,40)/t22-,30+,31+,35?/m0/s1. The molecule has 0 bridgehead atoms. The number of ether oxygens (including phenoxy) is 5. The molecule has 11 heteroatoms. The van der Waals surface area contributed by atoms with Crippen molar-refractivity contribution in [3.8, 4) is 0 Å². The van der Waals surface area contributed by atoms with Gasteiger partial charge in [0.15, 0.2) is 12.1 Å². The van der Waals surface area contributed by atoms with Crippen molar-refractivity contribution in [3.63, 3.8) is 0 Å². The summed E-state index contributed by atoms with van der Waals surface area (Å²) in [5, 5.41) is 12.4. The molecule has 4 aliphatic heterocycles. The van der Waals surface area contributed by atoms with Crippen molar-refractivity contribution in [2.24, 2.45) is 5.92 Å². The molecule has 47 heavy (non-hydrogen) atoms. The number of cyclic esters (lactones) is 2. The van der Waals surface area contributed by atoms with E-state index in [9.17, 15) is 19.5 Å². The third kappa shape index (κ3) is 6.60. The lowest BCUT2D eigenvalue weighted by molar-refractivity contribution is -0.278. The summed E-state index contributed by atoms with van der Waals surface area (Å²) in [6, 6.07) is 19.9. The van der Waals surface area contributed by atoms with Gasteiger partial charge < -0.3 is 39.0 Å². The first kappa shape index (κ1) is 31.6. The minimum Gasteiger partial charge on any atom is -0.392 e. The maximum absolute atomic E-state index is 12.8. The van der Waals surface area contributed by atoms with Crippen molar-refractivity contribution in [3.05, 3.63) is 106 Å². The fraction of sp³-hybridized carbons (Fsp3) is 0.417. The lowest BCUT2D eigenvalue weighted by atomic mass is 9.89. The van der Waals surface area contributed by atoms with Crippen molar-refractivity contribution >= 4 is 17.8 Å². The van der Waals surface area contributed by atoms with Gasteiger partial charge >= 0.3 is 11.9 Å². The van der Waals surface area contributed by atoms with Crippen LogP contribution in [0.25, 0.3) is 0 Å². The van der Waals surface area contributed by atoms with Gasteiger partial charge in [-0.05, 0) is 34.9 Å². The minimum absolute atomic E-state index is 0.0185. The monoisotopic (exact) mass is 642 g/mol. The van der Waals surface area contributed by atoms with Crippen molar-refractivity contribution in [2.45, 2.75) is 57.2 Å². The van der Waals surface area contributed by atoms with Crippen LogP contribution in [0.5, 0.6) is 0 Å². The van der Waals surface area contributed by atoms with Gasteiger partial charge in [0.25, 0.3) is 5.91 Å². The topological polar surface area (TPSA) is 133 Å². The number of nitrogens with zero attached hydrogens (tertiary/aromatic N) is 1. The second-order valence-corrected chi connectivity index (χ2v) is 12.6. The molecule has 3 aromatic rings. The van der Waals surface area contributed by atoms with E-state index in [1.165, 1.54) is 18.2 Å². The molecule has 0 aliphatic carbocycles. The molecule has 4 heterocycles. The van der Waals surface area contributed by atoms with Crippen LogP contribution in [0.1, 0.15) is 85.5 Å². The van der Waals surface area contributed by atoms with Crippen molar-refractivity contribution < 1.29 is 43.2 Å². The number of aliphatic hydroxyl groups excluding tert-OH is 1. The van der Waals surface area contributed by atoms with E-state index < -0.39 is 24.0 Å². The highest BCUT2D eigenvalue weighted by Crippen LogP contribution is 2.42. The number of hydrogen-bond acceptors (Lipinski definition) is 10. The number of fused-ring (bicyclic) bond motifs is 1. The number of nitrogens with one attached hydrogen (secondary N) is 1. The Labute approximate surface area is 272 Å². The fourth-order valence-electron chi connectivity index (χ4n) is 6.75. The van der Waals surface area contributed by atoms with Crippen molar-refractivity contribution in [1.29, 1.82) is 0 Å². The molecule has 1 amide bonds. The summed E-state index contributed by atoms with van der Waals surface area (Å²) in [5.41, 5.74) is 4.12. The number of hydrogen-bond donors (Lipinski definition) is 2. The Hall–Kier alpha value is -3.97. The highest BCUT2D eigenvalue weighted by molar-refractivity contribution is 6.15. The third-order valence-electron chi connectivity index (χ3n) is 9.60. The number of piperidine rings is 1. The van der Waals surface area contributed by atoms with Crippen LogP contribution in [0.3, 0.4) is 0 Å². The van der Waals surface area contributed by atoms with E-state index in [-0.39, 0.29) is 53.9 Å². The Balaban J connectivity index is 1.03.